The van der Waals surface area contributed by atoms with Crippen LogP contribution in [0.3, 0.4) is 0 Å². The summed E-state index contributed by atoms with van der Waals surface area (Å²) in [6.07, 6.45) is 3.53. The fourth-order valence-electron chi connectivity index (χ4n) is 2.59. The fraction of sp³-hybridized carbons (Fsp3) is 0.600. The molecule has 3 heterocycles. The van der Waals surface area contributed by atoms with Gasteiger partial charge in [0.2, 0.25) is 5.89 Å². The largest absolute Gasteiger partial charge is 0.462 e. The van der Waals surface area contributed by atoms with Crippen LogP contribution >= 0.6 is 0 Å². The van der Waals surface area contributed by atoms with Crippen LogP contribution in [0.15, 0.2) is 21.1 Å². The highest BCUT2D eigenvalue weighted by Crippen LogP contribution is 2.29. The minimum absolute atomic E-state index is 0.123. The van der Waals surface area contributed by atoms with Gasteiger partial charge in [-0.1, -0.05) is 5.16 Å². The van der Waals surface area contributed by atoms with Gasteiger partial charge in [0.25, 0.3) is 0 Å². The Morgan fingerprint density at radius 2 is 2.19 bits per heavy atom. The lowest BCUT2D eigenvalue weighted by molar-refractivity contribution is 0.000899. The van der Waals surface area contributed by atoms with Crippen molar-refractivity contribution in [2.45, 2.75) is 45.4 Å². The number of ether oxygens (including phenoxy) is 1. The summed E-state index contributed by atoms with van der Waals surface area (Å²) < 4.78 is 16.6. The SMILES string of the molecule is Cc1nc(CN(C)Cc2ccc([C@H]3CCCCO3)o2)no1. The van der Waals surface area contributed by atoms with E-state index in [1.807, 2.05) is 19.2 Å². The molecule has 0 aliphatic carbocycles. The summed E-state index contributed by atoms with van der Waals surface area (Å²) in [5.74, 6) is 3.15. The molecule has 1 atom stereocenters. The zero-order chi connectivity index (χ0) is 14.7. The van der Waals surface area contributed by atoms with Crippen molar-refractivity contribution >= 4 is 0 Å². The van der Waals surface area contributed by atoms with Crippen molar-refractivity contribution in [2.75, 3.05) is 13.7 Å². The van der Waals surface area contributed by atoms with Gasteiger partial charge in [-0.15, -0.1) is 0 Å². The first-order valence-electron chi connectivity index (χ1n) is 7.38. The molecule has 1 aliphatic heterocycles. The van der Waals surface area contributed by atoms with Gasteiger partial charge >= 0.3 is 0 Å². The molecule has 0 N–H and O–H groups in total. The molecular formula is C15H21N3O3. The number of furan rings is 1. The van der Waals surface area contributed by atoms with E-state index >= 15 is 0 Å². The second-order valence-corrected chi connectivity index (χ2v) is 5.56. The minimum Gasteiger partial charge on any atom is -0.462 e. The molecule has 0 saturated carbocycles. The lowest BCUT2D eigenvalue weighted by Crippen LogP contribution is -2.17. The third-order valence-electron chi connectivity index (χ3n) is 3.59. The summed E-state index contributed by atoms with van der Waals surface area (Å²) >= 11 is 0. The number of hydrogen-bond acceptors (Lipinski definition) is 6. The summed E-state index contributed by atoms with van der Waals surface area (Å²) in [4.78, 5) is 6.29. The van der Waals surface area contributed by atoms with E-state index in [0.29, 0.717) is 24.8 Å². The quantitative estimate of drug-likeness (QED) is 0.844. The molecule has 2 aromatic heterocycles. The first-order valence-corrected chi connectivity index (χ1v) is 7.38. The van der Waals surface area contributed by atoms with Crippen molar-refractivity contribution in [2.24, 2.45) is 0 Å². The Labute approximate surface area is 124 Å². The first-order chi connectivity index (χ1) is 10.2. The minimum atomic E-state index is 0.123. The predicted molar refractivity (Wildman–Crippen MR) is 75.5 cm³/mol. The molecule has 3 rings (SSSR count). The maximum atomic E-state index is 5.91. The molecule has 0 aromatic carbocycles. The molecule has 0 radical (unpaired) electrons. The van der Waals surface area contributed by atoms with Crippen molar-refractivity contribution in [3.63, 3.8) is 0 Å². The Hall–Kier alpha value is -1.66. The van der Waals surface area contributed by atoms with Crippen LogP contribution < -0.4 is 0 Å². The van der Waals surface area contributed by atoms with Crippen LogP contribution in [0, 0.1) is 6.92 Å². The lowest BCUT2D eigenvalue weighted by Gasteiger charge is -2.20. The molecule has 0 unspecified atom stereocenters. The number of aryl methyl sites for hydroxylation is 1. The molecule has 1 fully saturated rings. The number of rotatable bonds is 5. The lowest BCUT2D eigenvalue weighted by atomic mass is 10.1. The molecular weight excluding hydrogens is 270 g/mol. The molecule has 2 aromatic rings. The average molecular weight is 291 g/mol. The first kappa shape index (κ1) is 14.3. The van der Waals surface area contributed by atoms with Gasteiger partial charge < -0.3 is 13.7 Å². The Morgan fingerprint density at radius 1 is 1.29 bits per heavy atom. The van der Waals surface area contributed by atoms with Crippen LogP contribution in [0.25, 0.3) is 0 Å². The van der Waals surface area contributed by atoms with Crippen molar-refractivity contribution in [3.05, 3.63) is 35.4 Å². The van der Waals surface area contributed by atoms with E-state index in [4.69, 9.17) is 13.7 Å². The maximum absolute atomic E-state index is 5.91. The van der Waals surface area contributed by atoms with E-state index in [1.165, 1.54) is 6.42 Å². The van der Waals surface area contributed by atoms with E-state index in [2.05, 4.69) is 15.0 Å². The van der Waals surface area contributed by atoms with E-state index < -0.39 is 0 Å². The van der Waals surface area contributed by atoms with Gasteiger partial charge in [-0.3, -0.25) is 4.90 Å². The third-order valence-corrected chi connectivity index (χ3v) is 3.59. The van der Waals surface area contributed by atoms with Gasteiger partial charge in [0, 0.05) is 13.5 Å². The fourth-order valence-corrected chi connectivity index (χ4v) is 2.59. The summed E-state index contributed by atoms with van der Waals surface area (Å²) in [6.45, 7) is 3.96. The smallest absolute Gasteiger partial charge is 0.223 e. The van der Waals surface area contributed by atoms with Gasteiger partial charge in [-0.2, -0.15) is 4.98 Å². The van der Waals surface area contributed by atoms with Crippen molar-refractivity contribution < 1.29 is 13.7 Å². The van der Waals surface area contributed by atoms with Gasteiger partial charge in [0.1, 0.15) is 17.6 Å². The summed E-state index contributed by atoms with van der Waals surface area (Å²) in [7, 11) is 2.00. The molecule has 0 spiro atoms. The Balaban J connectivity index is 1.56. The Kier molecular flexibility index (Phi) is 4.36. The number of aromatic nitrogens is 2. The second kappa shape index (κ2) is 6.41. The molecule has 1 aliphatic rings. The average Bonchev–Trinajstić information content (AvgIpc) is 3.09. The zero-order valence-corrected chi connectivity index (χ0v) is 12.5. The van der Waals surface area contributed by atoms with Crippen molar-refractivity contribution in [3.8, 4) is 0 Å². The highest BCUT2D eigenvalue weighted by atomic mass is 16.5. The molecule has 0 bridgehead atoms. The summed E-state index contributed by atoms with van der Waals surface area (Å²) in [5.41, 5.74) is 0. The van der Waals surface area contributed by atoms with E-state index in [0.717, 1.165) is 31.0 Å². The monoisotopic (exact) mass is 291 g/mol. The molecule has 6 nitrogen and oxygen atoms in total. The predicted octanol–water partition coefficient (Wildman–Crippen LogP) is 2.84. The van der Waals surface area contributed by atoms with Crippen LogP contribution in [0.5, 0.6) is 0 Å². The maximum Gasteiger partial charge on any atom is 0.223 e. The molecule has 6 heteroatoms. The van der Waals surface area contributed by atoms with E-state index in [-0.39, 0.29) is 6.10 Å². The summed E-state index contributed by atoms with van der Waals surface area (Å²) in [5, 5.41) is 3.90. The van der Waals surface area contributed by atoms with E-state index in [1.54, 1.807) is 6.92 Å². The Bertz CT molecular complexity index is 572. The summed E-state index contributed by atoms with van der Waals surface area (Å²) in [6, 6.07) is 4.04. The molecule has 114 valence electrons. The van der Waals surface area contributed by atoms with Crippen LogP contribution in [-0.4, -0.2) is 28.7 Å². The standard InChI is InChI=1S/C15H21N3O3/c1-11-16-15(17-21-11)10-18(2)9-12-6-7-14(20-12)13-5-3-4-8-19-13/h6-7,13H,3-5,8-10H2,1-2H3/t13-/m1/s1. The molecule has 1 saturated heterocycles. The van der Waals surface area contributed by atoms with Crippen LogP contribution in [0.4, 0.5) is 0 Å². The van der Waals surface area contributed by atoms with Crippen LogP contribution in [0.1, 0.15) is 48.6 Å². The van der Waals surface area contributed by atoms with Crippen LogP contribution in [-0.2, 0) is 17.8 Å². The van der Waals surface area contributed by atoms with Crippen molar-refractivity contribution in [1.82, 2.24) is 15.0 Å². The highest BCUT2D eigenvalue weighted by molar-refractivity contribution is 5.10. The zero-order valence-electron chi connectivity index (χ0n) is 12.5. The Morgan fingerprint density at radius 3 is 2.90 bits per heavy atom. The van der Waals surface area contributed by atoms with Gasteiger partial charge in [-0.05, 0) is 38.4 Å². The topological polar surface area (TPSA) is 64.5 Å². The molecule has 0 amide bonds. The second-order valence-electron chi connectivity index (χ2n) is 5.56. The van der Waals surface area contributed by atoms with Gasteiger partial charge in [-0.25, -0.2) is 0 Å². The number of hydrogen-bond donors (Lipinski definition) is 0. The third kappa shape index (κ3) is 3.71. The normalized spacial score (nSPS) is 19.3. The molecule has 21 heavy (non-hydrogen) atoms. The van der Waals surface area contributed by atoms with Crippen molar-refractivity contribution in [1.29, 1.82) is 0 Å². The highest BCUT2D eigenvalue weighted by Gasteiger charge is 2.19. The number of nitrogens with zero attached hydrogens (tertiary/aromatic N) is 3. The van der Waals surface area contributed by atoms with E-state index in [9.17, 15) is 0 Å². The van der Waals surface area contributed by atoms with Gasteiger partial charge in [0.05, 0.1) is 13.1 Å². The van der Waals surface area contributed by atoms with Gasteiger partial charge in [0.15, 0.2) is 5.82 Å². The van der Waals surface area contributed by atoms with Crippen LogP contribution in [0.2, 0.25) is 0 Å².